The third-order valence-electron chi connectivity index (χ3n) is 0.983. The predicted molar refractivity (Wildman–Crippen MR) is 45.3 cm³/mol. The first-order valence-electron chi connectivity index (χ1n) is 3.04. The van der Waals surface area contributed by atoms with Gasteiger partial charge in [-0.15, -0.1) is 0 Å². The molecule has 0 radical (unpaired) electrons. The summed E-state index contributed by atoms with van der Waals surface area (Å²) in [6.45, 7) is 4.15. The Kier molecular flexibility index (Phi) is 8.26. The molecule has 0 aliphatic carbocycles. The van der Waals surface area contributed by atoms with Crippen molar-refractivity contribution in [2.45, 2.75) is 0 Å². The molecule has 0 bridgehead atoms. The zero-order chi connectivity index (χ0) is 8.53. The molecule has 1 nitrogen and oxygen atoms in total. The molecule has 0 aliphatic heterocycles. The molecule has 0 amide bonds. The van der Waals surface area contributed by atoms with Gasteiger partial charge in [-0.2, -0.15) is 0 Å². The normalized spacial score (nSPS) is 12.4. The zero-order valence-electron chi connectivity index (χ0n) is 6.05. The van der Waals surface area contributed by atoms with Gasteiger partial charge in [0.2, 0.25) is 0 Å². The second-order valence-corrected chi connectivity index (χ2v) is 2.47. The summed E-state index contributed by atoms with van der Waals surface area (Å²) < 4.78 is 6.81. The van der Waals surface area contributed by atoms with E-state index in [4.69, 9.17) is 16.3 Å². The molecule has 0 aliphatic rings. The molecule has 0 heterocycles. The van der Waals surface area contributed by atoms with Crippen LogP contribution in [0.15, 0.2) is 23.8 Å². The molecule has 0 fully saturated rings. The van der Waals surface area contributed by atoms with Crippen LogP contribution >= 0.6 is 11.6 Å². The Hall–Kier alpha value is 0.0934. The van der Waals surface area contributed by atoms with Gasteiger partial charge in [0.15, 0.2) is 0 Å². The molecular weight excluding hydrogens is 250 g/mol. The molecule has 0 rings (SSSR count). The summed E-state index contributed by atoms with van der Waals surface area (Å²) >= 11 is 7.99. The van der Waals surface area contributed by atoms with Crippen LogP contribution in [0.4, 0.5) is 0 Å². The van der Waals surface area contributed by atoms with Crippen molar-refractivity contribution in [2.24, 2.45) is 0 Å². The monoisotopic (exact) mass is 260 g/mol. The van der Waals surface area contributed by atoms with Crippen LogP contribution in [0, 0.1) is 6.92 Å². The van der Waals surface area contributed by atoms with Crippen molar-refractivity contribution < 1.29 is 22.6 Å². The van der Waals surface area contributed by atoms with Gasteiger partial charge in [-0.1, -0.05) is 0 Å². The Balaban J connectivity index is 3.77. The molecule has 0 aromatic heterocycles. The van der Waals surface area contributed by atoms with E-state index < -0.39 is 0 Å². The van der Waals surface area contributed by atoms with E-state index in [1.165, 1.54) is 0 Å². The van der Waals surface area contributed by atoms with E-state index in [0.29, 0.717) is 6.61 Å². The van der Waals surface area contributed by atoms with Gasteiger partial charge >= 0.3 is 82.2 Å². The summed E-state index contributed by atoms with van der Waals surface area (Å²) in [5.41, 5.74) is 1.01. The first-order valence-corrected chi connectivity index (χ1v) is 4.52. The summed E-state index contributed by atoms with van der Waals surface area (Å²) in [6.07, 6.45) is 5.55. The van der Waals surface area contributed by atoms with Crippen LogP contribution < -0.4 is 0 Å². The minimum absolute atomic E-state index is 0.216. The average molecular weight is 261 g/mol. The van der Waals surface area contributed by atoms with Crippen LogP contribution in [-0.2, 0) is 22.6 Å². The Morgan fingerprint density at radius 2 is 2.36 bits per heavy atom. The number of halogens is 1. The third-order valence-corrected chi connectivity index (χ3v) is 1.45. The summed E-state index contributed by atoms with van der Waals surface area (Å²) in [4.78, 5) is 0. The van der Waals surface area contributed by atoms with Gasteiger partial charge in [-0.3, -0.25) is 0 Å². The van der Waals surface area contributed by atoms with E-state index in [2.05, 4.69) is 24.8 Å². The third kappa shape index (κ3) is 6.49. The van der Waals surface area contributed by atoms with Crippen LogP contribution in [0.1, 0.15) is 0 Å². The van der Waals surface area contributed by atoms with Crippen molar-refractivity contribution in [1.82, 2.24) is 0 Å². The fraction of sp³-hybridized carbons (Fsp3) is 0.250. The number of allylic oxidation sites excluding steroid dienone is 2. The fourth-order valence-electron chi connectivity index (χ4n) is 0.487. The van der Waals surface area contributed by atoms with Gasteiger partial charge in [0.1, 0.15) is 0 Å². The van der Waals surface area contributed by atoms with Crippen LogP contribution in [0.3, 0.4) is 0 Å². The molecule has 0 aromatic carbocycles. The summed E-state index contributed by atoms with van der Waals surface area (Å²) in [5.74, 6) is 0. The molecule has 0 aromatic rings. The molecule has 11 heavy (non-hydrogen) atoms. The number of alkyl halides is 1. The van der Waals surface area contributed by atoms with Crippen molar-refractivity contribution >= 4 is 16.2 Å². The topological polar surface area (TPSA) is 9.23 Å². The Labute approximate surface area is 82.3 Å². The van der Waals surface area contributed by atoms with E-state index in [1.54, 1.807) is 6.08 Å². The molecule has 0 N–H and O–H groups in total. The number of hydrogen-bond acceptors (Lipinski definition) is 1. The molecule has 3 heteroatoms. The molecule has 0 atom stereocenters. The number of ether oxygens (including phenoxy) is 1. The van der Waals surface area contributed by atoms with Gasteiger partial charge < -0.3 is 0 Å². The number of rotatable bonds is 5. The molecule has 65 valence electrons. The van der Waals surface area contributed by atoms with Crippen LogP contribution in [0.5, 0.6) is 0 Å². The first-order chi connectivity index (χ1) is 5.35. The van der Waals surface area contributed by atoms with Crippen molar-refractivity contribution in [1.29, 1.82) is 0 Å². The Morgan fingerprint density at radius 1 is 1.64 bits per heavy atom. The maximum absolute atomic E-state index is 5.33. The van der Waals surface area contributed by atoms with Crippen molar-refractivity contribution in [3.8, 4) is 0 Å². The summed E-state index contributed by atoms with van der Waals surface area (Å²) in [6, 6.07) is 0.216. The summed E-state index contributed by atoms with van der Waals surface area (Å²) in [5, 5.41) is 0. The van der Waals surface area contributed by atoms with Crippen LogP contribution in [0.25, 0.3) is 0 Å². The van der Waals surface area contributed by atoms with E-state index >= 15 is 0 Å². The Bertz CT molecular complexity index is 163. The van der Waals surface area contributed by atoms with Crippen molar-refractivity contribution in [3.05, 3.63) is 30.7 Å². The standard InChI is InChI=1S/C8H10ClO.Rh/c1-3-5-8(4-2)6-10-7-9;/h1,3-5H,2,6-7H2;/q-1;/b5-3-,8-4+;. The molecule has 0 saturated carbocycles. The molecule has 0 spiro atoms. The second-order valence-electron chi connectivity index (χ2n) is 1.71. The van der Waals surface area contributed by atoms with E-state index in [0.717, 1.165) is 5.57 Å². The molecule has 0 saturated heterocycles. The minimum atomic E-state index is 0.216. The van der Waals surface area contributed by atoms with Gasteiger partial charge in [0.25, 0.3) is 0 Å². The van der Waals surface area contributed by atoms with E-state index in [-0.39, 0.29) is 6.07 Å². The van der Waals surface area contributed by atoms with Crippen LogP contribution in [-0.4, -0.2) is 17.3 Å². The van der Waals surface area contributed by atoms with E-state index in [9.17, 15) is 0 Å². The van der Waals surface area contributed by atoms with Gasteiger partial charge in [-0.25, -0.2) is 0 Å². The summed E-state index contributed by atoms with van der Waals surface area (Å²) in [7, 11) is 0. The zero-order valence-corrected chi connectivity index (χ0v) is 8.44. The van der Waals surface area contributed by atoms with E-state index in [1.807, 2.05) is 16.8 Å². The van der Waals surface area contributed by atoms with Gasteiger partial charge in [-0.05, 0) is 0 Å². The van der Waals surface area contributed by atoms with Gasteiger partial charge in [0.05, 0.1) is 0 Å². The first kappa shape index (κ1) is 11.1. The maximum atomic E-state index is 5.33. The molecule has 0 unspecified atom stereocenters. The van der Waals surface area contributed by atoms with Gasteiger partial charge in [0, 0.05) is 0 Å². The van der Waals surface area contributed by atoms with Crippen molar-refractivity contribution in [2.75, 3.05) is 12.7 Å². The Morgan fingerprint density at radius 3 is 2.82 bits per heavy atom. The predicted octanol–water partition coefficient (Wildman–Crippen LogP) is 1.86. The average Bonchev–Trinajstić information content (AvgIpc) is 2.05. The van der Waals surface area contributed by atoms with Crippen molar-refractivity contribution in [3.63, 3.8) is 0 Å². The SMILES string of the molecule is [CH2-]/C=C(\C=C/[CH]=[Rh])COCCl. The van der Waals surface area contributed by atoms with Crippen LogP contribution in [0.2, 0.25) is 0 Å². The fourth-order valence-corrected chi connectivity index (χ4v) is 0.722. The second kappa shape index (κ2) is 8.19. The number of hydrogen-bond donors (Lipinski definition) is 0. The molecular formula is C8H10ClORh-. The quantitative estimate of drug-likeness (QED) is 0.317.